The van der Waals surface area contributed by atoms with Gasteiger partial charge in [0, 0.05) is 25.5 Å². The molecular weight excluding hydrogens is 414 g/mol. The fourth-order valence-electron chi connectivity index (χ4n) is 3.41. The summed E-state index contributed by atoms with van der Waals surface area (Å²) in [6.07, 6.45) is 6.08. The zero-order valence-corrected chi connectivity index (χ0v) is 17.2. The number of rotatable bonds is 5. The fourth-order valence-corrected chi connectivity index (χ4v) is 5.27. The van der Waals surface area contributed by atoms with Crippen LogP contribution in [0.15, 0.2) is 53.7 Å². The third-order valence-corrected chi connectivity index (χ3v) is 7.04. The van der Waals surface area contributed by atoms with Gasteiger partial charge in [-0.2, -0.15) is 4.31 Å². The molecule has 1 aliphatic rings. The first-order chi connectivity index (χ1) is 13.9. The third-order valence-electron chi connectivity index (χ3n) is 4.86. The van der Waals surface area contributed by atoms with Gasteiger partial charge in [0.25, 0.3) is 0 Å². The minimum atomic E-state index is -3.75. The van der Waals surface area contributed by atoms with Gasteiger partial charge in [-0.15, -0.1) is 0 Å². The molecule has 7 nitrogen and oxygen atoms in total. The molecule has 0 unspecified atom stereocenters. The maximum Gasteiger partial charge on any atom is 0.339 e. The third kappa shape index (κ3) is 4.14. The van der Waals surface area contributed by atoms with Crippen molar-refractivity contribution in [1.29, 1.82) is 0 Å². The number of hydrogen-bond donors (Lipinski definition) is 0. The number of hydrogen-bond acceptors (Lipinski definition) is 5. The van der Waals surface area contributed by atoms with Crippen molar-refractivity contribution in [2.45, 2.75) is 30.8 Å². The molecule has 1 fully saturated rings. The van der Waals surface area contributed by atoms with Crippen molar-refractivity contribution in [1.82, 2.24) is 13.7 Å². The van der Waals surface area contributed by atoms with Crippen molar-refractivity contribution < 1.29 is 17.9 Å². The number of piperidine rings is 1. The van der Waals surface area contributed by atoms with E-state index in [-0.39, 0.29) is 17.1 Å². The van der Waals surface area contributed by atoms with Crippen molar-refractivity contribution in [3.63, 3.8) is 0 Å². The lowest BCUT2D eigenvalue weighted by Crippen LogP contribution is -2.36. The standard InChI is InChI=1S/C20H20ClN3O4S/c21-15-8-9-19-22-16(13-23(19)12-15)14-28-20(25)17-6-2-3-7-18(17)29(26,27)24-10-4-1-5-11-24/h2-3,6-9,12-13H,1,4-5,10-11,14H2. The van der Waals surface area contributed by atoms with Crippen molar-refractivity contribution in [2.24, 2.45) is 0 Å². The average molecular weight is 434 g/mol. The highest BCUT2D eigenvalue weighted by Crippen LogP contribution is 2.24. The number of carbonyl (C=O) groups excluding carboxylic acids is 1. The van der Waals surface area contributed by atoms with Crippen molar-refractivity contribution in [3.8, 4) is 0 Å². The summed E-state index contributed by atoms with van der Waals surface area (Å²) in [4.78, 5) is 17.0. The Morgan fingerprint density at radius 2 is 1.83 bits per heavy atom. The van der Waals surface area contributed by atoms with Crippen LogP contribution in [-0.4, -0.2) is 41.2 Å². The van der Waals surface area contributed by atoms with Gasteiger partial charge in [0.05, 0.1) is 21.2 Å². The zero-order chi connectivity index (χ0) is 20.4. The number of pyridine rings is 1. The first kappa shape index (κ1) is 19.9. The molecule has 1 aromatic carbocycles. The average Bonchev–Trinajstić information content (AvgIpc) is 3.14. The lowest BCUT2D eigenvalue weighted by molar-refractivity contribution is 0.0463. The summed E-state index contributed by atoms with van der Waals surface area (Å²) in [7, 11) is -3.75. The highest BCUT2D eigenvalue weighted by Gasteiger charge is 2.30. The number of imidazole rings is 1. The molecule has 4 rings (SSSR count). The molecule has 1 saturated heterocycles. The predicted molar refractivity (Wildman–Crippen MR) is 108 cm³/mol. The van der Waals surface area contributed by atoms with Crippen LogP contribution in [0.25, 0.3) is 5.65 Å². The second kappa shape index (κ2) is 8.14. The zero-order valence-electron chi connectivity index (χ0n) is 15.6. The van der Waals surface area contributed by atoms with Crippen LogP contribution in [0, 0.1) is 0 Å². The first-order valence-corrected chi connectivity index (χ1v) is 11.2. The van der Waals surface area contributed by atoms with E-state index in [9.17, 15) is 13.2 Å². The number of fused-ring (bicyclic) bond motifs is 1. The van der Waals surface area contributed by atoms with Crippen LogP contribution in [0.2, 0.25) is 5.02 Å². The number of aromatic nitrogens is 2. The van der Waals surface area contributed by atoms with Crippen LogP contribution in [0.5, 0.6) is 0 Å². The molecule has 29 heavy (non-hydrogen) atoms. The maximum absolute atomic E-state index is 13.0. The van der Waals surface area contributed by atoms with Gasteiger partial charge < -0.3 is 9.14 Å². The smallest absolute Gasteiger partial charge is 0.339 e. The number of esters is 1. The van der Waals surface area contributed by atoms with E-state index < -0.39 is 16.0 Å². The molecule has 0 atom stereocenters. The lowest BCUT2D eigenvalue weighted by Gasteiger charge is -2.26. The molecule has 0 spiro atoms. The van der Waals surface area contributed by atoms with Crippen molar-refractivity contribution >= 4 is 33.2 Å². The molecule has 2 aromatic heterocycles. The summed E-state index contributed by atoms with van der Waals surface area (Å²) < 4.78 is 34.6. The van der Waals surface area contributed by atoms with E-state index >= 15 is 0 Å². The molecule has 0 amide bonds. The summed E-state index contributed by atoms with van der Waals surface area (Å²) in [6.45, 7) is 0.862. The molecule has 1 aliphatic heterocycles. The molecule has 0 N–H and O–H groups in total. The number of carbonyl (C=O) groups is 1. The highest BCUT2D eigenvalue weighted by molar-refractivity contribution is 7.89. The molecule has 9 heteroatoms. The van der Waals surface area contributed by atoms with Gasteiger partial charge in [-0.1, -0.05) is 30.2 Å². The van der Waals surface area contributed by atoms with Gasteiger partial charge in [-0.3, -0.25) is 0 Å². The molecule has 3 aromatic rings. The number of nitrogens with zero attached hydrogens (tertiary/aromatic N) is 3. The highest BCUT2D eigenvalue weighted by atomic mass is 35.5. The quantitative estimate of drug-likeness (QED) is 0.575. The minimum Gasteiger partial charge on any atom is -0.455 e. The Labute approximate surface area is 173 Å². The molecule has 0 bridgehead atoms. The normalized spacial score (nSPS) is 15.5. The monoisotopic (exact) mass is 433 g/mol. The number of ether oxygens (including phenoxy) is 1. The van der Waals surface area contributed by atoms with Crippen LogP contribution in [0.4, 0.5) is 0 Å². The van der Waals surface area contributed by atoms with Crippen molar-refractivity contribution in [2.75, 3.05) is 13.1 Å². The SMILES string of the molecule is O=C(OCc1cn2cc(Cl)ccc2n1)c1ccccc1S(=O)(=O)N1CCCCC1. The predicted octanol–water partition coefficient (Wildman–Crippen LogP) is 3.52. The minimum absolute atomic E-state index is 0.0197. The Balaban J connectivity index is 1.54. The number of sulfonamides is 1. The van der Waals surface area contributed by atoms with Crippen LogP contribution < -0.4 is 0 Å². The molecule has 0 radical (unpaired) electrons. The van der Waals surface area contributed by atoms with E-state index in [0.717, 1.165) is 19.3 Å². The Hall–Kier alpha value is -2.42. The Bertz CT molecular complexity index is 1150. The molecular formula is C20H20ClN3O4S. The van der Waals surface area contributed by atoms with Crippen LogP contribution in [0.3, 0.4) is 0 Å². The van der Waals surface area contributed by atoms with Gasteiger partial charge in [0.2, 0.25) is 10.0 Å². The van der Waals surface area contributed by atoms with E-state index in [2.05, 4.69) is 4.98 Å². The first-order valence-electron chi connectivity index (χ1n) is 9.34. The van der Waals surface area contributed by atoms with E-state index in [1.807, 2.05) is 0 Å². The summed E-state index contributed by atoms with van der Waals surface area (Å²) in [5, 5.41) is 0.565. The largest absolute Gasteiger partial charge is 0.455 e. The molecule has 0 aliphatic carbocycles. The van der Waals surface area contributed by atoms with E-state index in [1.54, 1.807) is 41.1 Å². The van der Waals surface area contributed by atoms with Crippen LogP contribution in [0.1, 0.15) is 35.3 Å². The summed E-state index contributed by atoms with van der Waals surface area (Å²) in [5.41, 5.74) is 1.25. The molecule has 152 valence electrons. The van der Waals surface area contributed by atoms with E-state index in [1.165, 1.54) is 16.4 Å². The number of benzene rings is 1. The molecule has 3 heterocycles. The summed E-state index contributed by atoms with van der Waals surface area (Å²) in [5.74, 6) is -0.698. The topological polar surface area (TPSA) is 81.0 Å². The van der Waals surface area contributed by atoms with Crippen molar-refractivity contribution in [3.05, 3.63) is 65.1 Å². The Kier molecular flexibility index (Phi) is 5.58. The maximum atomic E-state index is 13.0. The van der Waals surface area contributed by atoms with Gasteiger partial charge in [-0.05, 0) is 37.1 Å². The van der Waals surface area contributed by atoms with Gasteiger partial charge in [0.15, 0.2) is 0 Å². The summed E-state index contributed by atoms with van der Waals surface area (Å²) in [6, 6.07) is 9.64. The second-order valence-electron chi connectivity index (χ2n) is 6.88. The number of halogens is 1. The Morgan fingerprint density at radius 3 is 2.62 bits per heavy atom. The van der Waals surface area contributed by atoms with E-state index in [0.29, 0.717) is 29.5 Å². The van der Waals surface area contributed by atoms with Crippen LogP contribution in [-0.2, 0) is 21.4 Å². The summed E-state index contributed by atoms with van der Waals surface area (Å²) >= 11 is 5.96. The van der Waals surface area contributed by atoms with Crippen LogP contribution >= 0.6 is 11.6 Å². The van der Waals surface area contributed by atoms with Gasteiger partial charge >= 0.3 is 5.97 Å². The van der Waals surface area contributed by atoms with Gasteiger partial charge in [0.1, 0.15) is 12.3 Å². The van der Waals surface area contributed by atoms with Gasteiger partial charge in [-0.25, -0.2) is 18.2 Å². The fraction of sp³-hybridized carbons (Fsp3) is 0.300. The lowest BCUT2D eigenvalue weighted by atomic mass is 10.2. The van der Waals surface area contributed by atoms with E-state index in [4.69, 9.17) is 16.3 Å². The molecule has 0 saturated carbocycles. The Morgan fingerprint density at radius 1 is 1.07 bits per heavy atom. The second-order valence-corrected chi connectivity index (χ2v) is 9.22.